The van der Waals surface area contributed by atoms with Crippen LogP contribution in [0.1, 0.15) is 88.3 Å². The van der Waals surface area contributed by atoms with Gasteiger partial charge in [-0.25, -0.2) is 9.78 Å². The highest BCUT2D eigenvalue weighted by Crippen LogP contribution is 2.51. The number of hydrogen-bond acceptors (Lipinski definition) is 5. The minimum Gasteiger partial charge on any atom is -0.507 e. The molecule has 0 aliphatic heterocycles. The summed E-state index contributed by atoms with van der Waals surface area (Å²) in [5.41, 5.74) is 2.92. The number of pyridine rings is 1. The second-order valence-corrected chi connectivity index (χ2v) is 13.7. The van der Waals surface area contributed by atoms with Crippen molar-refractivity contribution in [3.8, 4) is 5.75 Å². The molecule has 1 fully saturated rings. The highest BCUT2D eigenvalue weighted by Gasteiger charge is 2.42. The van der Waals surface area contributed by atoms with E-state index in [0.717, 1.165) is 36.1 Å². The van der Waals surface area contributed by atoms with Crippen molar-refractivity contribution in [2.75, 3.05) is 6.54 Å². The maximum absolute atomic E-state index is 13.1. The van der Waals surface area contributed by atoms with Gasteiger partial charge in [0.25, 0.3) is 5.91 Å². The number of carbonyl (C=O) groups is 1. The molecule has 0 saturated heterocycles. The lowest BCUT2D eigenvalue weighted by atomic mass is 9.62. The fraction of sp³-hybridized carbons (Fsp3) is 0.515. The summed E-state index contributed by atoms with van der Waals surface area (Å²) < 4.78 is 5.55. The van der Waals surface area contributed by atoms with Crippen molar-refractivity contribution in [2.45, 2.75) is 78.8 Å². The number of nitrogens with zero attached hydrogens (tertiary/aromatic N) is 5. The van der Waals surface area contributed by atoms with Crippen LogP contribution in [0, 0.1) is 16.7 Å². The van der Waals surface area contributed by atoms with E-state index < -0.39 is 0 Å². The second-order valence-electron chi connectivity index (χ2n) is 13.7. The largest absolute Gasteiger partial charge is 0.507 e. The number of rotatable bonds is 8. The van der Waals surface area contributed by atoms with E-state index in [1.54, 1.807) is 29.0 Å². The molecule has 3 heterocycles. The lowest BCUT2D eigenvalue weighted by Gasteiger charge is -2.46. The van der Waals surface area contributed by atoms with Crippen LogP contribution in [0.15, 0.2) is 59.7 Å². The van der Waals surface area contributed by atoms with E-state index >= 15 is 0 Å². The molecule has 3 unspecified atom stereocenters. The predicted octanol–water partition coefficient (Wildman–Crippen LogP) is 5.65. The third kappa shape index (κ3) is 6.01. The first-order chi connectivity index (χ1) is 19.9. The van der Waals surface area contributed by atoms with Crippen LogP contribution in [0.25, 0.3) is 11.2 Å². The van der Waals surface area contributed by atoms with Crippen molar-refractivity contribution >= 4 is 17.1 Å². The molecule has 1 aliphatic carbocycles. The topological polar surface area (TPSA) is 107 Å². The average molecular weight is 573 g/mol. The van der Waals surface area contributed by atoms with Crippen molar-refractivity contribution in [2.24, 2.45) is 23.8 Å². The Hall–Kier alpha value is -3.88. The van der Waals surface area contributed by atoms with Gasteiger partial charge in [0.05, 0.1) is 17.1 Å². The zero-order chi connectivity index (χ0) is 30.2. The summed E-state index contributed by atoms with van der Waals surface area (Å²) in [5.74, 6) is 0.229. The van der Waals surface area contributed by atoms with Crippen LogP contribution in [-0.2, 0) is 13.6 Å². The molecule has 224 valence electrons. The zero-order valence-electron chi connectivity index (χ0n) is 25.7. The Bertz CT molecular complexity index is 1610. The van der Waals surface area contributed by atoms with E-state index in [1.807, 2.05) is 28.6 Å². The molecule has 1 aliphatic rings. The molecule has 0 bridgehead atoms. The molecule has 0 spiro atoms. The van der Waals surface area contributed by atoms with E-state index in [-0.39, 0.29) is 51.6 Å². The number of para-hydroxylation sites is 1. The number of aromatic nitrogens is 5. The Morgan fingerprint density at radius 3 is 2.62 bits per heavy atom. The highest BCUT2D eigenvalue weighted by atomic mass is 16.3. The Kier molecular flexibility index (Phi) is 8.05. The SMILES string of the molecule is Cn1c(=O)n(CC(C)(C)C)c2ccc(C3CCC(C)(C)C(C(CCNC(=O)c4ccccc4O)n4cccn4)C3)nc21. The smallest absolute Gasteiger partial charge is 0.330 e. The second kappa shape index (κ2) is 11.4. The minimum absolute atomic E-state index is 0.0226. The monoisotopic (exact) mass is 572 g/mol. The number of amides is 1. The van der Waals surface area contributed by atoms with Crippen molar-refractivity contribution in [3.63, 3.8) is 0 Å². The van der Waals surface area contributed by atoms with Crippen LogP contribution < -0.4 is 11.0 Å². The van der Waals surface area contributed by atoms with Gasteiger partial charge in [-0.1, -0.05) is 46.8 Å². The van der Waals surface area contributed by atoms with Gasteiger partial charge >= 0.3 is 5.69 Å². The number of nitrogens with one attached hydrogen (secondary N) is 1. The summed E-state index contributed by atoms with van der Waals surface area (Å²) in [7, 11) is 1.81. The minimum atomic E-state index is -0.283. The molecule has 2 N–H and O–H groups in total. The number of imidazole rings is 1. The maximum atomic E-state index is 13.1. The fourth-order valence-corrected chi connectivity index (χ4v) is 6.65. The van der Waals surface area contributed by atoms with Crippen molar-refractivity contribution in [1.29, 1.82) is 0 Å². The van der Waals surface area contributed by atoms with E-state index in [9.17, 15) is 14.7 Å². The number of phenols is 1. The van der Waals surface area contributed by atoms with Gasteiger partial charge in [0, 0.05) is 44.1 Å². The molecule has 42 heavy (non-hydrogen) atoms. The van der Waals surface area contributed by atoms with Crippen LogP contribution in [0.5, 0.6) is 5.75 Å². The molecular formula is C33H44N6O3. The van der Waals surface area contributed by atoms with Crippen molar-refractivity contribution in [3.05, 3.63) is 76.6 Å². The van der Waals surface area contributed by atoms with Crippen molar-refractivity contribution < 1.29 is 9.90 Å². The average Bonchev–Trinajstić information content (AvgIpc) is 3.54. The van der Waals surface area contributed by atoms with E-state index in [2.05, 4.69) is 57.2 Å². The van der Waals surface area contributed by atoms with Gasteiger partial charge < -0.3 is 10.4 Å². The number of aryl methyl sites for hydroxylation is 1. The molecule has 3 atom stereocenters. The van der Waals surface area contributed by atoms with E-state index in [4.69, 9.17) is 4.98 Å². The predicted molar refractivity (Wildman–Crippen MR) is 165 cm³/mol. The molecular weight excluding hydrogens is 528 g/mol. The summed E-state index contributed by atoms with van der Waals surface area (Å²) in [4.78, 5) is 31.0. The normalized spacial score (nSPS) is 19.6. The molecule has 9 nitrogen and oxygen atoms in total. The summed E-state index contributed by atoms with van der Waals surface area (Å²) in [5, 5.41) is 17.7. The molecule has 3 aromatic heterocycles. The van der Waals surface area contributed by atoms with Gasteiger partial charge in [-0.2, -0.15) is 5.10 Å². The first-order valence-electron chi connectivity index (χ1n) is 15.0. The summed E-state index contributed by atoms with van der Waals surface area (Å²) >= 11 is 0. The maximum Gasteiger partial charge on any atom is 0.330 e. The van der Waals surface area contributed by atoms with Crippen LogP contribution in [0.2, 0.25) is 0 Å². The summed E-state index contributed by atoms with van der Waals surface area (Å²) in [6.45, 7) is 12.2. The number of hydrogen-bond donors (Lipinski definition) is 2. The molecule has 4 aromatic rings. The Morgan fingerprint density at radius 1 is 1.17 bits per heavy atom. The Labute approximate surface area is 247 Å². The molecule has 5 rings (SSSR count). The molecule has 0 radical (unpaired) electrons. The first-order valence-corrected chi connectivity index (χ1v) is 15.0. The van der Waals surface area contributed by atoms with Gasteiger partial charge in [-0.15, -0.1) is 0 Å². The van der Waals surface area contributed by atoms with Crippen LogP contribution >= 0.6 is 0 Å². The lowest BCUT2D eigenvalue weighted by Crippen LogP contribution is -2.39. The van der Waals surface area contributed by atoms with E-state index in [0.29, 0.717) is 19.5 Å². The quantitative estimate of drug-likeness (QED) is 0.284. The van der Waals surface area contributed by atoms with Crippen LogP contribution in [-0.4, -0.2) is 41.5 Å². The number of aromatic hydroxyl groups is 1. The zero-order valence-corrected chi connectivity index (χ0v) is 25.7. The first kappa shape index (κ1) is 29.6. The van der Waals surface area contributed by atoms with Crippen LogP contribution in [0.3, 0.4) is 0 Å². The van der Waals surface area contributed by atoms with Gasteiger partial charge in [0.2, 0.25) is 0 Å². The fourth-order valence-electron chi connectivity index (χ4n) is 6.65. The molecule has 9 heteroatoms. The Morgan fingerprint density at radius 2 is 1.93 bits per heavy atom. The van der Waals surface area contributed by atoms with Gasteiger partial charge in [0.1, 0.15) is 5.75 Å². The number of benzene rings is 1. The van der Waals surface area contributed by atoms with Gasteiger partial charge in [-0.3, -0.25) is 18.6 Å². The Balaban J connectivity index is 1.39. The molecule has 1 aromatic carbocycles. The van der Waals surface area contributed by atoms with Crippen LogP contribution in [0.4, 0.5) is 0 Å². The third-order valence-corrected chi connectivity index (χ3v) is 8.94. The standard InChI is InChI=1S/C33H44N6O3/c1-32(2,3)21-38-27-13-12-25(36-29(27)37(6)31(38)42)22-14-16-33(4,5)24(20-22)26(39-19-9-17-35-39)15-18-34-30(41)23-10-7-8-11-28(23)40/h7-13,17,19,22,24,26,40H,14-16,18,20-21H2,1-6H3,(H,34,41). The lowest BCUT2D eigenvalue weighted by molar-refractivity contribution is 0.0631. The number of carbonyl (C=O) groups excluding carboxylic acids is 1. The molecule has 1 amide bonds. The van der Waals surface area contributed by atoms with Gasteiger partial charge in [-0.05, 0) is 72.8 Å². The van der Waals surface area contributed by atoms with Gasteiger partial charge in [0.15, 0.2) is 5.65 Å². The van der Waals surface area contributed by atoms with E-state index in [1.165, 1.54) is 6.07 Å². The summed E-state index contributed by atoms with van der Waals surface area (Å²) in [6.07, 6.45) is 7.51. The van der Waals surface area contributed by atoms with Crippen molar-refractivity contribution in [1.82, 2.24) is 29.2 Å². The number of phenolic OH excluding ortho intramolecular Hbond substituents is 1. The number of fused-ring (bicyclic) bond motifs is 1. The summed E-state index contributed by atoms with van der Waals surface area (Å²) in [6, 6.07) is 12.8. The highest BCUT2D eigenvalue weighted by molar-refractivity contribution is 5.96. The third-order valence-electron chi connectivity index (χ3n) is 8.94. The molecule has 1 saturated carbocycles.